The fourth-order valence-corrected chi connectivity index (χ4v) is 10.9. The predicted octanol–water partition coefficient (Wildman–Crippen LogP) is 22.3. The summed E-state index contributed by atoms with van der Waals surface area (Å²) in [5.74, 6) is -0.125. The molecule has 16 aromatic rings. The molecule has 0 aliphatic rings. The van der Waals surface area contributed by atoms with Crippen LogP contribution in [-0.2, 0) is 110 Å². The SMILES string of the molecule is CC(=O)C=C(C)O.CC(=O)C=C(C)O.Cc1c[c-]c(-c2nccc3ccccc23)cc1.Cc1cc[c-]c(-c2nccc3ccccc23)c1.[Ir].[Ir].[Ir].[Ir].[Ir].[c-]1ccc2ccccc2c1-c1cc2ccccc2cn1.[c-]1ccccc1-c1cc2ccccc2cn1.[c-]1ccccc1-c1nccc2ccccc12. The van der Waals surface area contributed by atoms with E-state index in [1.54, 1.807) is 0 Å². The number of nitrogens with zero attached hydrogens (tertiary/aromatic N) is 5. The average molecular weight is 2260 g/mol. The molecule has 2 N–H and O–H groups in total. The van der Waals surface area contributed by atoms with E-state index in [-0.39, 0.29) is 124 Å². The molecule has 0 aliphatic heterocycles. The van der Waals surface area contributed by atoms with Crippen molar-refractivity contribution in [1.29, 1.82) is 0 Å². The van der Waals surface area contributed by atoms with Crippen molar-refractivity contribution in [2.75, 3.05) is 0 Å². The van der Waals surface area contributed by atoms with Gasteiger partial charge in [-0.2, -0.15) is 0 Å². The number of aryl methyl sites for hydroxylation is 2. The van der Waals surface area contributed by atoms with Crippen LogP contribution in [0.1, 0.15) is 38.8 Å². The first-order chi connectivity index (χ1) is 48.7. The van der Waals surface area contributed by atoms with Crippen molar-refractivity contribution in [3.05, 3.63) is 369 Å². The van der Waals surface area contributed by atoms with Crippen molar-refractivity contribution in [2.24, 2.45) is 0 Å². The monoisotopic (exact) mass is 2260 g/mol. The Morgan fingerprint density at radius 2 is 0.686 bits per heavy atom. The summed E-state index contributed by atoms with van der Waals surface area (Å²) in [6, 6.07) is 109. The summed E-state index contributed by atoms with van der Waals surface area (Å²) in [7, 11) is 0. The van der Waals surface area contributed by atoms with E-state index in [0.29, 0.717) is 0 Å². The van der Waals surface area contributed by atoms with Crippen LogP contribution in [0.3, 0.4) is 0 Å². The van der Waals surface area contributed by atoms with E-state index < -0.39 is 0 Å². The molecule has 105 heavy (non-hydrogen) atoms. The maximum Gasteiger partial charge on any atom is 0.155 e. The number of hydrogen-bond donors (Lipinski definition) is 2. The molecule has 5 radical (unpaired) electrons. The quantitative estimate of drug-likeness (QED) is 0.0907. The Labute approximate surface area is 681 Å². The van der Waals surface area contributed by atoms with Gasteiger partial charge in [-0.3, -0.25) is 9.59 Å². The molecule has 0 fully saturated rings. The van der Waals surface area contributed by atoms with Gasteiger partial charge in [-0.15, -0.1) is 172 Å². The molecule has 14 heteroatoms. The van der Waals surface area contributed by atoms with E-state index in [1.807, 2.05) is 171 Å². The number of aliphatic hydroxyl groups excluding tert-OH is 2. The third kappa shape index (κ3) is 25.3. The number of ketones is 2. The number of allylic oxidation sites excluding steroid dienone is 4. The molecular formula is C91H72Ir5N5O4-5. The van der Waals surface area contributed by atoms with Crippen LogP contribution in [0.2, 0.25) is 0 Å². The predicted molar refractivity (Wildman–Crippen MR) is 411 cm³/mol. The van der Waals surface area contributed by atoms with Gasteiger partial charge in [0.05, 0.1) is 11.5 Å². The number of pyridine rings is 5. The molecule has 0 saturated carbocycles. The third-order valence-electron chi connectivity index (χ3n) is 15.5. The Morgan fingerprint density at radius 3 is 1.10 bits per heavy atom. The Morgan fingerprint density at radius 1 is 0.314 bits per heavy atom. The number of carbonyl (C=O) groups is 2. The summed E-state index contributed by atoms with van der Waals surface area (Å²) >= 11 is 0. The Kier molecular flexibility index (Phi) is 36.3. The van der Waals surface area contributed by atoms with E-state index in [2.05, 4.69) is 203 Å². The fraction of sp³-hybridized carbons (Fsp3) is 0.0659. The molecular weight excluding hydrogens is 2190 g/mol. The topological polar surface area (TPSA) is 139 Å². The smallest absolute Gasteiger partial charge is 0.155 e. The fourth-order valence-electron chi connectivity index (χ4n) is 10.9. The first-order valence-electron chi connectivity index (χ1n) is 32.5. The first-order valence-corrected chi connectivity index (χ1v) is 32.5. The van der Waals surface area contributed by atoms with Crippen LogP contribution in [0, 0.1) is 44.2 Å². The molecule has 0 unspecified atom stereocenters. The number of aliphatic hydroxyl groups is 2. The Hall–Kier alpha value is -9.60. The van der Waals surface area contributed by atoms with E-state index in [0.717, 1.165) is 61.7 Å². The van der Waals surface area contributed by atoms with Crippen LogP contribution in [0.5, 0.6) is 0 Å². The van der Waals surface area contributed by atoms with Gasteiger partial charge in [-0.1, -0.05) is 177 Å². The second-order valence-corrected chi connectivity index (χ2v) is 23.3. The molecule has 0 amide bonds. The van der Waals surface area contributed by atoms with Crippen molar-refractivity contribution in [3.8, 4) is 56.3 Å². The minimum absolute atomic E-state index is 0. The van der Waals surface area contributed by atoms with E-state index in [9.17, 15) is 9.59 Å². The van der Waals surface area contributed by atoms with Gasteiger partial charge in [0.1, 0.15) is 0 Å². The van der Waals surface area contributed by atoms with Crippen LogP contribution in [0.25, 0.3) is 121 Å². The number of hydrogen-bond acceptors (Lipinski definition) is 9. The molecule has 16 rings (SSSR count). The molecule has 0 atom stereocenters. The van der Waals surface area contributed by atoms with Crippen LogP contribution in [0.4, 0.5) is 0 Å². The minimum atomic E-state index is -0.125. The van der Waals surface area contributed by atoms with Gasteiger partial charge in [-0.05, 0) is 128 Å². The molecule has 9 nitrogen and oxygen atoms in total. The molecule has 0 spiro atoms. The molecule has 535 valence electrons. The second-order valence-electron chi connectivity index (χ2n) is 23.3. The van der Waals surface area contributed by atoms with E-state index in [4.69, 9.17) is 10.2 Å². The van der Waals surface area contributed by atoms with Crippen LogP contribution in [-0.4, -0.2) is 46.7 Å². The number of carbonyl (C=O) groups excluding carboxylic acids is 2. The summed E-state index contributed by atoms with van der Waals surface area (Å²) in [6.45, 7) is 9.85. The van der Waals surface area contributed by atoms with Crippen molar-refractivity contribution in [2.45, 2.75) is 41.5 Å². The molecule has 5 aromatic heterocycles. The van der Waals surface area contributed by atoms with Gasteiger partial charge in [0.25, 0.3) is 0 Å². The van der Waals surface area contributed by atoms with Crippen LogP contribution >= 0.6 is 0 Å². The van der Waals surface area contributed by atoms with Gasteiger partial charge in [0.2, 0.25) is 0 Å². The van der Waals surface area contributed by atoms with Crippen molar-refractivity contribution >= 4 is 76.2 Å². The van der Waals surface area contributed by atoms with Gasteiger partial charge in [0, 0.05) is 144 Å². The molecule has 0 bridgehead atoms. The molecule has 5 heterocycles. The summed E-state index contributed by atoms with van der Waals surface area (Å²) in [5, 5.41) is 31.1. The maximum absolute atomic E-state index is 10.0. The van der Waals surface area contributed by atoms with Gasteiger partial charge < -0.3 is 35.1 Å². The largest absolute Gasteiger partial charge is 0.512 e. The molecule has 11 aromatic carbocycles. The van der Waals surface area contributed by atoms with Crippen molar-refractivity contribution < 1.29 is 120 Å². The second kappa shape index (κ2) is 44.3. The number of aromatic nitrogens is 5. The number of rotatable bonds is 7. The first kappa shape index (κ1) is 86.0. The summed E-state index contributed by atoms with van der Waals surface area (Å²) in [6.07, 6.45) is 11.7. The maximum atomic E-state index is 10.0. The Bertz CT molecular complexity index is 5430. The Balaban J connectivity index is 0.000000223. The van der Waals surface area contributed by atoms with E-state index >= 15 is 0 Å². The number of fused-ring (bicyclic) bond motifs is 6. The van der Waals surface area contributed by atoms with E-state index in [1.165, 1.54) is 110 Å². The number of benzene rings is 11. The van der Waals surface area contributed by atoms with Crippen molar-refractivity contribution in [1.82, 2.24) is 24.9 Å². The van der Waals surface area contributed by atoms with Gasteiger partial charge in [0.15, 0.2) is 11.6 Å². The van der Waals surface area contributed by atoms with Gasteiger partial charge in [-0.25, -0.2) is 0 Å². The third-order valence-corrected chi connectivity index (χ3v) is 15.5. The zero-order valence-corrected chi connectivity index (χ0v) is 70.1. The van der Waals surface area contributed by atoms with Crippen molar-refractivity contribution in [3.63, 3.8) is 0 Å². The normalized spacial score (nSPS) is 10.3. The van der Waals surface area contributed by atoms with Crippen LogP contribution in [0.15, 0.2) is 328 Å². The minimum Gasteiger partial charge on any atom is -0.512 e. The summed E-state index contributed by atoms with van der Waals surface area (Å²) in [4.78, 5) is 42.5. The standard InChI is InChI=1S/C19H12N.2C16H12N.2C15H10N.2C5H8O2.5Ir/c1-2-8-16-13-20-19(12-15(16)7-1)18-11-5-9-14-6-3-4-10-17(14)18;1-12-5-4-7-14(11-12)16-15-8-3-2-6-13(15)9-10-17-16;1-12-6-8-14(9-7-12)16-15-5-3-2-4-13(15)10-11-17-16;1-2-7-13(8-3-1)15-14-9-5-4-6-12(14)10-11-16-15;1-2-6-12(7-3-1)15-10-13-8-4-5-9-14(13)11-16-15;2*1-4(6)3-5(2)7;;;;;/h1-10,12-13H;2-6,8-11H,1H3;2-8,10-11H,1H3;1-7,9-11H;1-6,8-11H;2*3,6H,1-2H3;;;;;/q5*-1;;;;;;;. The van der Waals surface area contributed by atoms with Gasteiger partial charge >= 0.3 is 0 Å². The molecule has 0 aliphatic carbocycles. The average Bonchev–Trinajstić information content (AvgIpc) is 0.810. The summed E-state index contributed by atoms with van der Waals surface area (Å²) < 4.78 is 0. The molecule has 0 saturated heterocycles. The van der Waals surface area contributed by atoms with Crippen LogP contribution < -0.4 is 0 Å². The zero-order valence-electron chi connectivity index (χ0n) is 58.1. The summed E-state index contributed by atoms with van der Waals surface area (Å²) in [5.41, 5.74) is 12.6. The zero-order chi connectivity index (χ0) is 70.0.